The summed E-state index contributed by atoms with van der Waals surface area (Å²) in [6.07, 6.45) is 4.81. The van der Waals surface area contributed by atoms with E-state index in [0.29, 0.717) is 5.92 Å². The molecule has 0 aliphatic carbocycles. The van der Waals surface area contributed by atoms with Gasteiger partial charge in [-0.05, 0) is 24.5 Å². The standard InChI is InChI=1S/C14H22N2/c1-3-5-11(4-2)13-7-6-12-10-15-9-8-14(12)16-13/h6-7,11,15H,3-5,8-10H2,1-2H3. The van der Waals surface area contributed by atoms with E-state index < -0.39 is 0 Å². The molecule has 2 rings (SSSR count). The maximum atomic E-state index is 4.86. The predicted octanol–water partition coefficient (Wildman–Crippen LogP) is 3.02. The molecule has 1 aromatic rings. The molecular formula is C14H22N2. The highest BCUT2D eigenvalue weighted by atomic mass is 14.9. The van der Waals surface area contributed by atoms with Crippen LogP contribution in [0.4, 0.5) is 0 Å². The topological polar surface area (TPSA) is 24.9 Å². The highest BCUT2D eigenvalue weighted by Crippen LogP contribution is 2.24. The summed E-state index contributed by atoms with van der Waals surface area (Å²) in [6, 6.07) is 4.50. The molecule has 0 spiro atoms. The Hall–Kier alpha value is -0.890. The van der Waals surface area contributed by atoms with E-state index >= 15 is 0 Å². The van der Waals surface area contributed by atoms with Crippen molar-refractivity contribution in [3.63, 3.8) is 0 Å². The second-order valence-electron chi connectivity index (χ2n) is 4.66. The van der Waals surface area contributed by atoms with Gasteiger partial charge in [0.2, 0.25) is 0 Å². The van der Waals surface area contributed by atoms with E-state index in [4.69, 9.17) is 4.98 Å². The Labute approximate surface area is 98.5 Å². The number of fused-ring (bicyclic) bond motifs is 1. The van der Waals surface area contributed by atoms with Crippen LogP contribution in [0.2, 0.25) is 0 Å². The second-order valence-corrected chi connectivity index (χ2v) is 4.66. The SMILES string of the molecule is CCCC(CC)c1ccc2c(n1)CCNC2. The van der Waals surface area contributed by atoms with Gasteiger partial charge in [-0.25, -0.2) is 0 Å². The van der Waals surface area contributed by atoms with Crippen LogP contribution in [0.3, 0.4) is 0 Å². The van der Waals surface area contributed by atoms with Gasteiger partial charge in [0.25, 0.3) is 0 Å². The number of nitrogens with one attached hydrogen (secondary N) is 1. The molecule has 0 bridgehead atoms. The first-order chi connectivity index (χ1) is 7.85. The van der Waals surface area contributed by atoms with Crippen molar-refractivity contribution in [2.75, 3.05) is 6.54 Å². The van der Waals surface area contributed by atoms with Crippen LogP contribution in [0.1, 0.15) is 56.0 Å². The van der Waals surface area contributed by atoms with Crippen molar-refractivity contribution in [2.24, 2.45) is 0 Å². The first kappa shape index (κ1) is 11.6. The van der Waals surface area contributed by atoms with Crippen LogP contribution in [-0.4, -0.2) is 11.5 Å². The molecular weight excluding hydrogens is 196 g/mol. The quantitative estimate of drug-likeness (QED) is 0.840. The van der Waals surface area contributed by atoms with Gasteiger partial charge in [0.1, 0.15) is 0 Å². The van der Waals surface area contributed by atoms with Gasteiger partial charge in [0.05, 0.1) is 0 Å². The van der Waals surface area contributed by atoms with E-state index in [2.05, 4.69) is 31.3 Å². The van der Waals surface area contributed by atoms with Crippen LogP contribution < -0.4 is 5.32 Å². The summed E-state index contributed by atoms with van der Waals surface area (Å²) in [5.41, 5.74) is 4.03. The van der Waals surface area contributed by atoms with E-state index in [1.54, 1.807) is 0 Å². The molecule has 1 unspecified atom stereocenters. The zero-order valence-corrected chi connectivity index (χ0v) is 10.4. The van der Waals surface area contributed by atoms with Gasteiger partial charge in [-0.2, -0.15) is 0 Å². The van der Waals surface area contributed by atoms with E-state index in [0.717, 1.165) is 19.5 Å². The minimum Gasteiger partial charge on any atom is -0.312 e. The van der Waals surface area contributed by atoms with E-state index in [1.165, 1.54) is 36.2 Å². The Morgan fingerprint density at radius 1 is 1.38 bits per heavy atom. The van der Waals surface area contributed by atoms with Gasteiger partial charge in [-0.3, -0.25) is 4.98 Å². The summed E-state index contributed by atoms with van der Waals surface area (Å²) in [5, 5.41) is 3.39. The third-order valence-corrected chi connectivity index (χ3v) is 3.49. The second kappa shape index (κ2) is 5.44. The van der Waals surface area contributed by atoms with Crippen LogP contribution in [0, 0.1) is 0 Å². The highest BCUT2D eigenvalue weighted by Gasteiger charge is 2.14. The number of nitrogens with zero attached hydrogens (tertiary/aromatic N) is 1. The maximum absolute atomic E-state index is 4.86. The molecule has 2 heteroatoms. The molecule has 1 aromatic heterocycles. The van der Waals surface area contributed by atoms with Gasteiger partial charge in [0.15, 0.2) is 0 Å². The fourth-order valence-electron chi connectivity index (χ4n) is 2.49. The van der Waals surface area contributed by atoms with Gasteiger partial charge >= 0.3 is 0 Å². The summed E-state index contributed by atoms with van der Waals surface area (Å²) >= 11 is 0. The van der Waals surface area contributed by atoms with E-state index in [1.807, 2.05) is 0 Å². The average Bonchev–Trinajstić information content (AvgIpc) is 2.35. The lowest BCUT2D eigenvalue weighted by atomic mass is 9.95. The molecule has 1 atom stereocenters. The highest BCUT2D eigenvalue weighted by molar-refractivity contribution is 5.26. The van der Waals surface area contributed by atoms with Crippen LogP contribution in [0.5, 0.6) is 0 Å². The minimum atomic E-state index is 0.658. The maximum Gasteiger partial charge on any atom is 0.0464 e. The Bertz CT molecular complexity index is 347. The lowest BCUT2D eigenvalue weighted by Crippen LogP contribution is -2.25. The summed E-state index contributed by atoms with van der Waals surface area (Å²) < 4.78 is 0. The fraction of sp³-hybridized carbons (Fsp3) is 0.643. The lowest BCUT2D eigenvalue weighted by molar-refractivity contribution is 0.568. The summed E-state index contributed by atoms with van der Waals surface area (Å²) in [6.45, 7) is 6.59. The van der Waals surface area contributed by atoms with Crippen molar-refractivity contribution in [2.45, 2.75) is 52.0 Å². The minimum absolute atomic E-state index is 0.658. The predicted molar refractivity (Wildman–Crippen MR) is 67.6 cm³/mol. The first-order valence-corrected chi connectivity index (χ1v) is 6.54. The van der Waals surface area contributed by atoms with Gasteiger partial charge in [-0.15, -0.1) is 0 Å². The molecule has 16 heavy (non-hydrogen) atoms. The normalized spacial score (nSPS) is 16.9. The third-order valence-electron chi connectivity index (χ3n) is 3.49. The molecule has 0 aromatic carbocycles. The van der Waals surface area contributed by atoms with Gasteiger partial charge < -0.3 is 5.32 Å². The molecule has 0 amide bonds. The molecule has 2 nitrogen and oxygen atoms in total. The van der Waals surface area contributed by atoms with Crippen LogP contribution in [0.15, 0.2) is 12.1 Å². The van der Waals surface area contributed by atoms with E-state index in [-0.39, 0.29) is 0 Å². The molecule has 0 fully saturated rings. The molecule has 1 N–H and O–H groups in total. The van der Waals surface area contributed by atoms with E-state index in [9.17, 15) is 0 Å². The number of hydrogen-bond acceptors (Lipinski definition) is 2. The summed E-state index contributed by atoms with van der Waals surface area (Å²) in [4.78, 5) is 4.86. The lowest BCUT2D eigenvalue weighted by Gasteiger charge is -2.20. The van der Waals surface area contributed by atoms with Gasteiger partial charge in [-0.1, -0.05) is 26.3 Å². The van der Waals surface area contributed by atoms with Crippen LogP contribution in [0.25, 0.3) is 0 Å². The monoisotopic (exact) mass is 218 g/mol. The zero-order chi connectivity index (χ0) is 11.4. The largest absolute Gasteiger partial charge is 0.312 e. The smallest absolute Gasteiger partial charge is 0.0464 e. The number of hydrogen-bond donors (Lipinski definition) is 1. The molecule has 1 aliphatic heterocycles. The number of aromatic nitrogens is 1. The van der Waals surface area contributed by atoms with Crippen LogP contribution >= 0.6 is 0 Å². The molecule has 0 saturated heterocycles. The fourth-order valence-corrected chi connectivity index (χ4v) is 2.49. The van der Waals surface area contributed by atoms with Crippen LogP contribution in [-0.2, 0) is 13.0 Å². The Balaban J connectivity index is 2.21. The Morgan fingerprint density at radius 3 is 3.00 bits per heavy atom. The number of pyridine rings is 1. The van der Waals surface area contributed by atoms with Crippen molar-refractivity contribution in [3.8, 4) is 0 Å². The molecule has 88 valence electrons. The summed E-state index contributed by atoms with van der Waals surface area (Å²) in [7, 11) is 0. The van der Waals surface area contributed by atoms with Crippen molar-refractivity contribution >= 4 is 0 Å². The van der Waals surface area contributed by atoms with Crippen molar-refractivity contribution in [3.05, 3.63) is 29.1 Å². The number of rotatable bonds is 4. The third kappa shape index (κ3) is 2.43. The van der Waals surface area contributed by atoms with Crippen molar-refractivity contribution in [1.29, 1.82) is 0 Å². The summed E-state index contributed by atoms with van der Waals surface area (Å²) in [5.74, 6) is 0.658. The molecule has 0 radical (unpaired) electrons. The average molecular weight is 218 g/mol. The molecule has 0 saturated carbocycles. The molecule has 2 heterocycles. The van der Waals surface area contributed by atoms with Gasteiger partial charge in [0, 0.05) is 36.8 Å². The molecule has 1 aliphatic rings. The Kier molecular flexibility index (Phi) is 3.94. The Morgan fingerprint density at radius 2 is 2.25 bits per heavy atom. The first-order valence-electron chi connectivity index (χ1n) is 6.54. The van der Waals surface area contributed by atoms with Crippen molar-refractivity contribution in [1.82, 2.24) is 10.3 Å². The van der Waals surface area contributed by atoms with Crippen molar-refractivity contribution < 1.29 is 0 Å². The zero-order valence-electron chi connectivity index (χ0n) is 10.4.